The molecule has 0 atom stereocenters. The maximum absolute atomic E-state index is 14.1. The summed E-state index contributed by atoms with van der Waals surface area (Å²) in [6.07, 6.45) is -2.33. The number of carbonyl (C=O) groups is 1. The Morgan fingerprint density at radius 1 is 1.15 bits per heavy atom. The highest BCUT2D eigenvalue weighted by molar-refractivity contribution is 7.16. The zero-order valence-corrected chi connectivity index (χ0v) is 19.7. The van der Waals surface area contributed by atoms with Crippen LogP contribution in [0.25, 0.3) is 11.3 Å². The zero-order valence-electron chi connectivity index (χ0n) is 18.1. The van der Waals surface area contributed by atoms with Gasteiger partial charge in [0.15, 0.2) is 5.13 Å². The van der Waals surface area contributed by atoms with Gasteiger partial charge in [0.05, 0.1) is 23.7 Å². The molecule has 0 radical (unpaired) electrons. The van der Waals surface area contributed by atoms with Gasteiger partial charge in [-0.1, -0.05) is 22.9 Å². The zero-order chi connectivity index (χ0) is 24.6. The van der Waals surface area contributed by atoms with Gasteiger partial charge in [0.2, 0.25) is 0 Å². The molecule has 2 aromatic heterocycles. The van der Waals surface area contributed by atoms with Crippen LogP contribution in [0.15, 0.2) is 30.6 Å². The van der Waals surface area contributed by atoms with Crippen molar-refractivity contribution in [1.82, 2.24) is 19.9 Å². The maximum atomic E-state index is 14.1. The van der Waals surface area contributed by atoms with Crippen molar-refractivity contribution in [3.8, 4) is 11.3 Å². The van der Waals surface area contributed by atoms with Gasteiger partial charge in [-0.25, -0.2) is 19.3 Å². The summed E-state index contributed by atoms with van der Waals surface area (Å²) in [5, 5.41) is 2.81. The van der Waals surface area contributed by atoms with Crippen molar-refractivity contribution in [2.75, 3.05) is 12.4 Å². The lowest BCUT2D eigenvalue weighted by Gasteiger charge is -2.31. The fraction of sp³-hybridized carbons (Fsp3) is 0.333. The number of carbonyl (C=O) groups excluding carboxylic acids is 1. The highest BCUT2D eigenvalue weighted by Crippen LogP contribution is 2.37. The van der Waals surface area contributed by atoms with E-state index in [0.717, 1.165) is 23.5 Å². The number of halogens is 5. The first-order valence-corrected chi connectivity index (χ1v) is 10.8. The Bertz CT molecular complexity index is 1160. The molecule has 6 nitrogen and oxygen atoms in total. The summed E-state index contributed by atoms with van der Waals surface area (Å²) in [4.78, 5) is 27.0. The summed E-state index contributed by atoms with van der Waals surface area (Å²) in [6, 6.07) is 2.26. The minimum absolute atomic E-state index is 0.0189. The summed E-state index contributed by atoms with van der Waals surface area (Å²) in [7, 11) is 1.85. The molecule has 0 saturated carbocycles. The molecule has 0 fully saturated rings. The first-order chi connectivity index (χ1) is 15.2. The molecule has 33 heavy (non-hydrogen) atoms. The molecule has 0 aliphatic rings. The quantitative estimate of drug-likeness (QED) is 0.441. The van der Waals surface area contributed by atoms with Gasteiger partial charge in [-0.3, -0.25) is 15.0 Å². The number of hydrogen-bond donors (Lipinski definition) is 1. The molecule has 0 bridgehead atoms. The highest BCUT2D eigenvalue weighted by atomic mass is 35.5. The normalized spacial score (nSPS) is 12.3. The van der Waals surface area contributed by atoms with E-state index in [-0.39, 0.29) is 32.8 Å². The third kappa shape index (κ3) is 6.24. The fourth-order valence-electron chi connectivity index (χ4n) is 2.67. The number of anilines is 1. The van der Waals surface area contributed by atoms with E-state index in [1.807, 2.05) is 32.7 Å². The fourth-order valence-corrected chi connectivity index (χ4v) is 3.80. The number of alkyl halides is 3. The first-order valence-electron chi connectivity index (χ1n) is 9.62. The van der Waals surface area contributed by atoms with E-state index < -0.39 is 23.5 Å². The Morgan fingerprint density at radius 2 is 1.85 bits per heavy atom. The predicted octanol–water partition coefficient (Wildman–Crippen LogP) is 5.89. The smallest absolute Gasteiger partial charge is 0.296 e. The minimum atomic E-state index is -4.72. The van der Waals surface area contributed by atoms with E-state index in [9.17, 15) is 22.4 Å². The second kappa shape index (κ2) is 9.32. The van der Waals surface area contributed by atoms with Crippen molar-refractivity contribution < 1.29 is 22.4 Å². The summed E-state index contributed by atoms with van der Waals surface area (Å²) in [5.74, 6) is -1.66. The van der Waals surface area contributed by atoms with Crippen LogP contribution in [-0.2, 0) is 12.7 Å². The van der Waals surface area contributed by atoms with Gasteiger partial charge in [0.25, 0.3) is 5.91 Å². The summed E-state index contributed by atoms with van der Waals surface area (Å²) >= 11 is 6.76. The monoisotopic (exact) mass is 501 g/mol. The second-order valence-electron chi connectivity index (χ2n) is 8.22. The van der Waals surface area contributed by atoms with Gasteiger partial charge >= 0.3 is 6.18 Å². The topological polar surface area (TPSA) is 71.0 Å². The number of thiazole rings is 1. The molecule has 0 aliphatic carbocycles. The Kier molecular flexibility index (Phi) is 7.06. The number of benzene rings is 1. The Labute approximate surface area is 196 Å². The lowest BCUT2D eigenvalue weighted by Crippen LogP contribution is -2.37. The van der Waals surface area contributed by atoms with Crippen LogP contribution < -0.4 is 5.32 Å². The lowest BCUT2D eigenvalue weighted by molar-refractivity contribution is -0.137. The molecule has 0 spiro atoms. The average molecular weight is 502 g/mol. The van der Waals surface area contributed by atoms with Crippen LogP contribution in [0.3, 0.4) is 0 Å². The van der Waals surface area contributed by atoms with Crippen molar-refractivity contribution in [2.24, 2.45) is 0 Å². The molecule has 1 amide bonds. The van der Waals surface area contributed by atoms with Gasteiger partial charge in [-0.15, -0.1) is 0 Å². The van der Waals surface area contributed by atoms with Crippen molar-refractivity contribution >= 4 is 34.0 Å². The van der Waals surface area contributed by atoms with Crippen molar-refractivity contribution in [1.29, 1.82) is 0 Å². The molecule has 3 rings (SSSR count). The summed E-state index contributed by atoms with van der Waals surface area (Å²) in [6.45, 7) is 6.23. The van der Waals surface area contributed by atoms with Crippen LogP contribution in [0.5, 0.6) is 0 Å². The van der Waals surface area contributed by atoms with Gasteiger partial charge in [0.1, 0.15) is 16.7 Å². The number of hydrogen-bond acceptors (Lipinski definition) is 6. The lowest BCUT2D eigenvalue weighted by atomic mass is 10.0. The van der Waals surface area contributed by atoms with Crippen molar-refractivity contribution in [3.05, 3.63) is 57.7 Å². The van der Waals surface area contributed by atoms with E-state index in [2.05, 4.69) is 20.3 Å². The third-order valence-corrected chi connectivity index (χ3v) is 5.95. The van der Waals surface area contributed by atoms with E-state index in [1.165, 1.54) is 12.4 Å². The molecule has 3 aromatic rings. The van der Waals surface area contributed by atoms with E-state index >= 15 is 0 Å². The number of amides is 1. The van der Waals surface area contributed by atoms with Gasteiger partial charge in [-0.2, -0.15) is 13.2 Å². The Balaban J connectivity index is 2.03. The van der Waals surface area contributed by atoms with Crippen LogP contribution in [0.4, 0.5) is 22.7 Å². The van der Waals surface area contributed by atoms with Crippen LogP contribution >= 0.6 is 22.9 Å². The predicted molar refractivity (Wildman–Crippen MR) is 119 cm³/mol. The van der Waals surface area contributed by atoms with Gasteiger partial charge < -0.3 is 0 Å². The van der Waals surface area contributed by atoms with Crippen molar-refractivity contribution in [2.45, 2.75) is 39.0 Å². The second-order valence-corrected chi connectivity index (χ2v) is 9.69. The molecule has 12 heteroatoms. The molecular formula is C21H20ClF4N5OS. The highest BCUT2D eigenvalue weighted by Gasteiger charge is 2.32. The van der Waals surface area contributed by atoms with Gasteiger partial charge in [0, 0.05) is 22.5 Å². The summed E-state index contributed by atoms with van der Waals surface area (Å²) in [5.41, 5.74) is -1.29. The number of nitrogens with zero attached hydrogens (tertiary/aromatic N) is 4. The molecule has 1 aromatic carbocycles. The molecule has 2 heterocycles. The maximum Gasteiger partial charge on any atom is 0.416 e. The number of aromatic nitrogens is 3. The first kappa shape index (κ1) is 25.0. The molecular weight excluding hydrogens is 482 g/mol. The van der Waals surface area contributed by atoms with Crippen molar-refractivity contribution in [3.63, 3.8) is 0 Å². The summed E-state index contributed by atoms with van der Waals surface area (Å²) < 4.78 is 53.8. The van der Waals surface area contributed by atoms with E-state index in [0.29, 0.717) is 17.5 Å². The van der Waals surface area contributed by atoms with Crippen LogP contribution in [-0.4, -0.2) is 38.3 Å². The molecule has 0 aliphatic heterocycles. The van der Waals surface area contributed by atoms with Gasteiger partial charge in [-0.05, 0) is 46.0 Å². The number of rotatable bonds is 5. The SMILES string of the molecule is CN(Cc1sc(NC(=O)c2cnc(Cl)cn2)nc1-c1cc(F)cc(C(F)(F)F)c1)C(C)(C)C. The van der Waals surface area contributed by atoms with Crippen LogP contribution in [0.1, 0.15) is 41.7 Å². The Hall–Kier alpha value is -2.63. The minimum Gasteiger partial charge on any atom is -0.296 e. The standard InChI is InChI=1S/C21H20ClF4N5OS/c1-20(2,3)31(4)10-15-17(11-5-12(21(24,25)26)7-13(23)6-11)29-19(33-15)30-18(32)14-8-28-16(22)9-27-14/h5-9H,10H2,1-4H3,(H,29,30,32). The number of nitrogens with one attached hydrogen (secondary N) is 1. The molecule has 1 N–H and O–H groups in total. The molecule has 0 saturated heterocycles. The van der Waals surface area contributed by atoms with Crippen LogP contribution in [0, 0.1) is 5.82 Å². The molecule has 0 unspecified atom stereocenters. The third-order valence-electron chi connectivity index (χ3n) is 4.80. The van der Waals surface area contributed by atoms with E-state index in [1.54, 1.807) is 0 Å². The Morgan fingerprint density at radius 3 is 2.42 bits per heavy atom. The average Bonchev–Trinajstić information content (AvgIpc) is 3.08. The molecule has 176 valence electrons. The van der Waals surface area contributed by atoms with E-state index in [4.69, 9.17) is 11.6 Å². The largest absolute Gasteiger partial charge is 0.416 e. The van der Waals surface area contributed by atoms with Crippen LogP contribution in [0.2, 0.25) is 5.15 Å².